The molecule has 0 aliphatic carbocycles. The molecule has 1 atom stereocenters. The average molecular weight is 306 g/mol. The van der Waals surface area contributed by atoms with Crippen LogP contribution in [0.15, 0.2) is 24.3 Å². The number of tetrazole rings is 1. The molecule has 1 aromatic carbocycles. The van der Waals surface area contributed by atoms with Crippen molar-refractivity contribution in [2.75, 3.05) is 17.3 Å². The van der Waals surface area contributed by atoms with Crippen LogP contribution in [0.4, 0.5) is 5.69 Å². The van der Waals surface area contributed by atoms with E-state index in [1.165, 1.54) is 0 Å². The fraction of sp³-hybridized carbons (Fsp3) is 0.385. The van der Waals surface area contributed by atoms with Crippen LogP contribution in [-0.2, 0) is 4.79 Å². The van der Waals surface area contributed by atoms with Gasteiger partial charge in [0.2, 0.25) is 5.91 Å². The van der Waals surface area contributed by atoms with Gasteiger partial charge in [0.05, 0.1) is 11.7 Å². The number of carbonyl (C=O) groups is 1. The summed E-state index contributed by atoms with van der Waals surface area (Å²) in [6, 6.07) is 6.81. The fourth-order valence-corrected chi connectivity index (χ4v) is 2.29. The summed E-state index contributed by atoms with van der Waals surface area (Å²) in [5.41, 5.74) is 7.30. The van der Waals surface area contributed by atoms with Gasteiger partial charge in [0.25, 0.3) is 0 Å². The Morgan fingerprint density at radius 2 is 2.33 bits per heavy atom. The molecule has 1 amide bonds. The molecule has 0 aliphatic heterocycles. The highest BCUT2D eigenvalue weighted by atomic mass is 32.2. The van der Waals surface area contributed by atoms with Crippen LogP contribution in [0.5, 0.6) is 0 Å². The predicted octanol–water partition coefficient (Wildman–Crippen LogP) is 0.990. The molecule has 2 rings (SSSR count). The Kier molecular flexibility index (Phi) is 5.29. The second-order valence-electron chi connectivity index (χ2n) is 4.57. The average Bonchev–Trinajstić information content (AvgIpc) is 2.91. The summed E-state index contributed by atoms with van der Waals surface area (Å²) in [5, 5.41) is 14.2. The lowest BCUT2D eigenvalue weighted by Gasteiger charge is -2.12. The number of hydrogen-bond donors (Lipinski definition) is 2. The van der Waals surface area contributed by atoms with Crippen molar-refractivity contribution in [3.05, 3.63) is 30.1 Å². The molecule has 8 heteroatoms. The van der Waals surface area contributed by atoms with Gasteiger partial charge in [-0.25, -0.2) is 0 Å². The second-order valence-corrected chi connectivity index (χ2v) is 5.55. The molecule has 0 bridgehead atoms. The van der Waals surface area contributed by atoms with Crippen molar-refractivity contribution in [1.29, 1.82) is 0 Å². The summed E-state index contributed by atoms with van der Waals surface area (Å²) < 4.78 is 1.60. The molecule has 0 spiro atoms. The molecule has 0 aliphatic rings. The quantitative estimate of drug-likeness (QED) is 0.825. The summed E-state index contributed by atoms with van der Waals surface area (Å²) >= 11 is 1.67. The first-order chi connectivity index (χ1) is 10.1. The van der Waals surface area contributed by atoms with Crippen LogP contribution in [0.25, 0.3) is 5.69 Å². The lowest BCUT2D eigenvalue weighted by Crippen LogP contribution is -2.36. The minimum atomic E-state index is -0.504. The van der Waals surface area contributed by atoms with Crippen molar-refractivity contribution in [3.8, 4) is 5.69 Å². The highest BCUT2D eigenvalue weighted by molar-refractivity contribution is 7.98. The summed E-state index contributed by atoms with van der Waals surface area (Å²) in [7, 11) is 0. The minimum Gasteiger partial charge on any atom is -0.325 e. The van der Waals surface area contributed by atoms with E-state index in [1.54, 1.807) is 16.4 Å². The highest BCUT2D eigenvalue weighted by Gasteiger charge is 2.13. The monoisotopic (exact) mass is 306 g/mol. The van der Waals surface area contributed by atoms with Gasteiger partial charge in [-0.2, -0.15) is 16.4 Å². The molecule has 0 fully saturated rings. The number of hydrogen-bond acceptors (Lipinski definition) is 6. The summed E-state index contributed by atoms with van der Waals surface area (Å²) in [4.78, 5) is 12.0. The number of benzene rings is 1. The van der Waals surface area contributed by atoms with Gasteiger partial charge in [-0.15, -0.1) is 5.10 Å². The number of thioether (sulfide) groups is 1. The Labute approximate surface area is 127 Å². The number of aryl methyl sites for hydroxylation is 1. The number of aromatic nitrogens is 4. The first-order valence-corrected chi connectivity index (χ1v) is 7.92. The largest absolute Gasteiger partial charge is 0.325 e. The maximum Gasteiger partial charge on any atom is 0.241 e. The SMILES string of the molecule is CSCC[C@@H](N)C(=O)Nc1cccc(-n2nnnc2C)c1. The standard InChI is InChI=1S/C13H18N6OS/c1-9-16-17-18-19(9)11-5-3-4-10(8-11)15-13(20)12(14)6-7-21-2/h3-5,8,12H,6-7,14H2,1-2H3,(H,15,20)/t12-/m1/s1. The van der Waals surface area contributed by atoms with E-state index in [-0.39, 0.29) is 5.91 Å². The maximum atomic E-state index is 12.0. The van der Waals surface area contributed by atoms with E-state index in [0.29, 0.717) is 17.9 Å². The van der Waals surface area contributed by atoms with E-state index < -0.39 is 6.04 Å². The number of nitrogens with one attached hydrogen (secondary N) is 1. The van der Waals surface area contributed by atoms with E-state index >= 15 is 0 Å². The molecule has 0 radical (unpaired) electrons. The molecular weight excluding hydrogens is 288 g/mol. The van der Waals surface area contributed by atoms with Gasteiger partial charge in [0.15, 0.2) is 5.82 Å². The van der Waals surface area contributed by atoms with Crippen LogP contribution in [0.1, 0.15) is 12.2 Å². The number of amides is 1. The van der Waals surface area contributed by atoms with Crippen LogP contribution >= 0.6 is 11.8 Å². The van der Waals surface area contributed by atoms with E-state index in [0.717, 1.165) is 11.4 Å². The Morgan fingerprint density at radius 3 is 3.00 bits per heavy atom. The van der Waals surface area contributed by atoms with Gasteiger partial charge >= 0.3 is 0 Å². The van der Waals surface area contributed by atoms with Gasteiger partial charge < -0.3 is 11.1 Å². The molecule has 2 aromatic rings. The van der Waals surface area contributed by atoms with Crippen LogP contribution in [0.2, 0.25) is 0 Å². The lowest BCUT2D eigenvalue weighted by molar-refractivity contribution is -0.117. The number of carbonyl (C=O) groups excluding carboxylic acids is 1. The van der Waals surface area contributed by atoms with Gasteiger partial charge in [0.1, 0.15) is 0 Å². The van der Waals surface area contributed by atoms with Gasteiger partial charge in [-0.1, -0.05) is 6.07 Å². The van der Waals surface area contributed by atoms with Gasteiger partial charge in [0, 0.05) is 5.69 Å². The van der Waals surface area contributed by atoms with Crippen LogP contribution < -0.4 is 11.1 Å². The molecule has 21 heavy (non-hydrogen) atoms. The molecule has 1 aromatic heterocycles. The molecule has 0 unspecified atom stereocenters. The molecule has 0 saturated heterocycles. The normalized spacial score (nSPS) is 12.1. The Bertz CT molecular complexity index is 614. The van der Waals surface area contributed by atoms with Crippen molar-refractivity contribution in [2.24, 2.45) is 5.73 Å². The smallest absolute Gasteiger partial charge is 0.241 e. The molecule has 0 saturated carbocycles. The zero-order chi connectivity index (χ0) is 15.2. The highest BCUT2D eigenvalue weighted by Crippen LogP contribution is 2.15. The summed E-state index contributed by atoms with van der Waals surface area (Å²) in [5.74, 6) is 1.35. The fourth-order valence-electron chi connectivity index (χ4n) is 1.80. The van der Waals surface area contributed by atoms with Crippen LogP contribution in [0, 0.1) is 6.92 Å². The third-order valence-electron chi connectivity index (χ3n) is 2.95. The Morgan fingerprint density at radius 1 is 1.52 bits per heavy atom. The summed E-state index contributed by atoms with van der Waals surface area (Å²) in [6.45, 7) is 1.81. The maximum absolute atomic E-state index is 12.0. The van der Waals surface area contributed by atoms with Crippen molar-refractivity contribution < 1.29 is 4.79 Å². The van der Waals surface area contributed by atoms with E-state index in [9.17, 15) is 4.79 Å². The van der Waals surface area contributed by atoms with E-state index in [4.69, 9.17) is 5.73 Å². The molecule has 112 valence electrons. The molecule has 1 heterocycles. The zero-order valence-corrected chi connectivity index (χ0v) is 12.8. The molecular formula is C13H18N6OS. The second kappa shape index (κ2) is 7.19. The lowest BCUT2D eigenvalue weighted by atomic mass is 10.2. The van der Waals surface area contributed by atoms with E-state index in [2.05, 4.69) is 20.8 Å². The van der Waals surface area contributed by atoms with Crippen LogP contribution in [-0.4, -0.2) is 44.2 Å². The molecule has 3 N–H and O–H groups in total. The van der Waals surface area contributed by atoms with Crippen molar-refractivity contribution in [3.63, 3.8) is 0 Å². The van der Waals surface area contributed by atoms with Crippen LogP contribution in [0.3, 0.4) is 0 Å². The molecule has 7 nitrogen and oxygen atoms in total. The predicted molar refractivity (Wildman–Crippen MR) is 83.5 cm³/mol. The third-order valence-corrected chi connectivity index (χ3v) is 3.60. The topological polar surface area (TPSA) is 98.7 Å². The van der Waals surface area contributed by atoms with Gasteiger partial charge in [-0.05, 0) is 54.0 Å². The number of nitrogens with zero attached hydrogens (tertiary/aromatic N) is 4. The Hall–Kier alpha value is -1.93. The van der Waals surface area contributed by atoms with Crippen molar-refractivity contribution in [2.45, 2.75) is 19.4 Å². The van der Waals surface area contributed by atoms with Gasteiger partial charge in [-0.3, -0.25) is 4.79 Å². The van der Waals surface area contributed by atoms with Crippen molar-refractivity contribution in [1.82, 2.24) is 20.2 Å². The minimum absolute atomic E-state index is 0.186. The number of rotatable bonds is 6. The third kappa shape index (κ3) is 4.02. The first kappa shape index (κ1) is 15.5. The van der Waals surface area contributed by atoms with E-state index in [1.807, 2.05) is 37.4 Å². The zero-order valence-electron chi connectivity index (χ0n) is 12.0. The summed E-state index contributed by atoms with van der Waals surface area (Å²) in [6.07, 6.45) is 2.64. The Balaban J connectivity index is 2.08. The first-order valence-electron chi connectivity index (χ1n) is 6.52. The van der Waals surface area contributed by atoms with Crippen molar-refractivity contribution >= 4 is 23.4 Å². The number of anilines is 1. The number of nitrogens with two attached hydrogens (primary N) is 1.